The minimum atomic E-state index is -0.454. The highest BCUT2D eigenvalue weighted by Gasteiger charge is 2.37. The number of nitrogens with zero attached hydrogens (tertiary/aromatic N) is 3. The van der Waals surface area contributed by atoms with E-state index in [9.17, 15) is 4.79 Å². The number of esters is 1. The number of imidazole rings is 1. The van der Waals surface area contributed by atoms with Gasteiger partial charge < -0.3 is 14.2 Å². The van der Waals surface area contributed by atoms with E-state index in [2.05, 4.69) is 11.1 Å². The molecule has 1 aromatic carbocycles. The molecule has 3 aromatic rings. The van der Waals surface area contributed by atoms with Gasteiger partial charge >= 0.3 is 5.97 Å². The van der Waals surface area contributed by atoms with Crippen molar-refractivity contribution in [1.82, 2.24) is 9.38 Å². The van der Waals surface area contributed by atoms with Gasteiger partial charge in [-0.3, -0.25) is 4.40 Å². The predicted molar refractivity (Wildman–Crippen MR) is 105 cm³/mol. The smallest absolute Gasteiger partial charge is 0.332 e. The molecule has 2 aromatic heterocycles. The van der Waals surface area contributed by atoms with Crippen molar-refractivity contribution in [2.75, 3.05) is 13.7 Å². The highest BCUT2D eigenvalue weighted by atomic mass is 16.6. The zero-order chi connectivity index (χ0) is 20.4. The summed E-state index contributed by atoms with van der Waals surface area (Å²) in [6, 6.07) is 13.8. The molecule has 0 radical (unpaired) electrons. The van der Waals surface area contributed by atoms with Crippen LogP contribution in [0.3, 0.4) is 0 Å². The number of pyridine rings is 1. The second-order valence-electron chi connectivity index (χ2n) is 6.95. The fourth-order valence-corrected chi connectivity index (χ4v) is 3.81. The van der Waals surface area contributed by atoms with Gasteiger partial charge in [-0.15, -0.1) is 0 Å². The van der Waals surface area contributed by atoms with Crippen molar-refractivity contribution < 1.29 is 19.0 Å². The Labute approximate surface area is 168 Å². The van der Waals surface area contributed by atoms with Gasteiger partial charge in [-0.05, 0) is 30.2 Å². The van der Waals surface area contributed by atoms with Crippen LogP contribution in [0.4, 0.5) is 0 Å². The number of carbonyl (C=O) groups excluding carboxylic acids is 1. The molecule has 0 aliphatic heterocycles. The van der Waals surface area contributed by atoms with Crippen LogP contribution in [0.15, 0.2) is 42.6 Å². The molecule has 148 valence electrons. The summed E-state index contributed by atoms with van der Waals surface area (Å²) in [5.74, 6) is 0.152. The Kier molecular flexibility index (Phi) is 5.19. The van der Waals surface area contributed by atoms with Crippen LogP contribution in [0.25, 0.3) is 5.65 Å². The Morgan fingerprint density at radius 1 is 1.31 bits per heavy atom. The summed E-state index contributed by atoms with van der Waals surface area (Å²) in [5, 5.41) is 9.11. The molecule has 29 heavy (non-hydrogen) atoms. The third kappa shape index (κ3) is 3.55. The van der Waals surface area contributed by atoms with Crippen LogP contribution < -0.4 is 4.74 Å². The lowest BCUT2D eigenvalue weighted by atomic mass is 10.1. The third-order valence-corrected chi connectivity index (χ3v) is 5.08. The number of carbonyl (C=O) groups is 1. The molecule has 0 spiro atoms. The normalized spacial score (nSPS) is 17.7. The van der Waals surface area contributed by atoms with E-state index in [1.165, 1.54) is 7.11 Å². The van der Waals surface area contributed by atoms with Crippen molar-refractivity contribution in [2.24, 2.45) is 0 Å². The highest BCUT2D eigenvalue weighted by molar-refractivity contribution is 5.71. The zero-order valence-corrected chi connectivity index (χ0v) is 16.3. The molecule has 7 heteroatoms. The molecule has 4 rings (SSSR count). The first kappa shape index (κ1) is 19.0. The number of aromatic nitrogens is 2. The van der Waals surface area contributed by atoms with Gasteiger partial charge in [0.15, 0.2) is 17.5 Å². The number of hydrogen-bond acceptors (Lipinski definition) is 6. The number of ether oxygens (including phenoxy) is 3. The maximum atomic E-state index is 12.0. The molecule has 2 unspecified atom stereocenters. The van der Waals surface area contributed by atoms with Gasteiger partial charge in [-0.1, -0.05) is 24.3 Å². The molecular formula is C22H21N3O4. The Hall–Kier alpha value is -3.37. The minimum absolute atomic E-state index is 0.105. The van der Waals surface area contributed by atoms with Gasteiger partial charge in [0, 0.05) is 19.7 Å². The number of benzene rings is 1. The SMILES string of the molecule is COCC(=O)OC1Cc2ccccc2C1Oc1cccn2c(CC#N)c(C)nc12. The van der Waals surface area contributed by atoms with E-state index in [1.54, 1.807) is 0 Å². The van der Waals surface area contributed by atoms with E-state index >= 15 is 0 Å². The molecule has 7 nitrogen and oxygen atoms in total. The van der Waals surface area contributed by atoms with Crippen molar-refractivity contribution in [3.63, 3.8) is 0 Å². The van der Waals surface area contributed by atoms with Crippen LogP contribution in [-0.4, -0.2) is 35.2 Å². The summed E-state index contributed by atoms with van der Waals surface area (Å²) in [6.07, 6.45) is 1.81. The lowest BCUT2D eigenvalue weighted by molar-refractivity contribution is -0.157. The van der Waals surface area contributed by atoms with Crippen molar-refractivity contribution in [2.45, 2.75) is 32.0 Å². The molecule has 0 fully saturated rings. The van der Waals surface area contributed by atoms with Gasteiger partial charge in [0.2, 0.25) is 0 Å². The Balaban J connectivity index is 1.70. The Bertz CT molecular complexity index is 1100. The van der Waals surface area contributed by atoms with Crippen molar-refractivity contribution in [3.05, 3.63) is 65.1 Å². The molecule has 2 atom stereocenters. The molecule has 0 amide bonds. The summed E-state index contributed by atoms with van der Waals surface area (Å²) in [6.45, 7) is 1.77. The first-order valence-corrected chi connectivity index (χ1v) is 9.38. The van der Waals surface area contributed by atoms with E-state index in [0.29, 0.717) is 17.8 Å². The van der Waals surface area contributed by atoms with Gasteiger partial charge in [0.1, 0.15) is 12.7 Å². The fourth-order valence-electron chi connectivity index (χ4n) is 3.81. The van der Waals surface area contributed by atoms with Crippen molar-refractivity contribution in [3.8, 4) is 11.8 Å². The molecule has 0 bridgehead atoms. The topological polar surface area (TPSA) is 85.9 Å². The first-order chi connectivity index (χ1) is 14.1. The second kappa shape index (κ2) is 7.94. The van der Waals surface area contributed by atoms with Gasteiger partial charge in [-0.25, -0.2) is 9.78 Å². The van der Waals surface area contributed by atoms with Crippen LogP contribution in [0.5, 0.6) is 5.75 Å². The highest BCUT2D eigenvalue weighted by Crippen LogP contribution is 2.38. The zero-order valence-electron chi connectivity index (χ0n) is 16.3. The van der Waals surface area contributed by atoms with Gasteiger partial charge in [0.25, 0.3) is 0 Å². The first-order valence-electron chi connectivity index (χ1n) is 9.38. The van der Waals surface area contributed by atoms with E-state index in [0.717, 1.165) is 22.5 Å². The summed E-state index contributed by atoms with van der Waals surface area (Å²) in [5.41, 5.74) is 4.34. The molecule has 0 N–H and O–H groups in total. The number of methoxy groups -OCH3 is 1. The van der Waals surface area contributed by atoms with Gasteiger partial charge in [-0.2, -0.15) is 5.26 Å². The molecule has 0 saturated carbocycles. The maximum Gasteiger partial charge on any atom is 0.332 e. The standard InChI is InChI=1S/C22H21N3O4/c1-14-17(9-10-23)25-11-5-8-18(22(25)24-14)29-21-16-7-4-3-6-15(16)12-19(21)28-20(26)13-27-2/h3-8,11,19,21H,9,12-13H2,1-2H3. The largest absolute Gasteiger partial charge is 0.478 e. The Morgan fingerprint density at radius 3 is 2.93 bits per heavy atom. The summed E-state index contributed by atoms with van der Waals surface area (Å²) in [7, 11) is 1.46. The lowest BCUT2D eigenvalue weighted by Gasteiger charge is -2.22. The van der Waals surface area contributed by atoms with Crippen molar-refractivity contribution >= 4 is 11.6 Å². The molecule has 1 aliphatic carbocycles. The van der Waals surface area contributed by atoms with Gasteiger partial charge in [0.05, 0.1) is 23.9 Å². The van der Waals surface area contributed by atoms with Crippen LogP contribution in [0.1, 0.15) is 28.6 Å². The molecular weight excluding hydrogens is 370 g/mol. The van der Waals surface area contributed by atoms with E-state index in [4.69, 9.17) is 19.5 Å². The van der Waals surface area contributed by atoms with E-state index < -0.39 is 18.2 Å². The predicted octanol–water partition coefficient (Wildman–Crippen LogP) is 2.94. The summed E-state index contributed by atoms with van der Waals surface area (Å²) in [4.78, 5) is 16.6. The van der Waals surface area contributed by atoms with Crippen LogP contribution in [0, 0.1) is 18.3 Å². The minimum Gasteiger partial charge on any atom is -0.478 e. The number of fused-ring (bicyclic) bond motifs is 2. The molecule has 2 heterocycles. The average Bonchev–Trinajstić information content (AvgIpc) is 3.21. The second-order valence-corrected chi connectivity index (χ2v) is 6.95. The number of hydrogen-bond donors (Lipinski definition) is 0. The van der Waals surface area contributed by atoms with Crippen LogP contribution in [-0.2, 0) is 27.1 Å². The Morgan fingerprint density at radius 2 is 2.14 bits per heavy atom. The van der Waals surface area contributed by atoms with E-state index in [1.807, 2.05) is 53.9 Å². The lowest BCUT2D eigenvalue weighted by Crippen LogP contribution is -2.28. The summed E-state index contributed by atoms with van der Waals surface area (Å²) >= 11 is 0. The van der Waals surface area contributed by atoms with Crippen LogP contribution >= 0.6 is 0 Å². The van der Waals surface area contributed by atoms with Crippen molar-refractivity contribution in [1.29, 1.82) is 5.26 Å². The monoisotopic (exact) mass is 391 g/mol. The summed E-state index contributed by atoms with van der Waals surface area (Å²) < 4.78 is 18.8. The maximum absolute atomic E-state index is 12.0. The quantitative estimate of drug-likeness (QED) is 0.601. The average molecular weight is 391 g/mol. The van der Waals surface area contributed by atoms with E-state index in [-0.39, 0.29) is 13.0 Å². The molecule has 1 aliphatic rings. The third-order valence-electron chi connectivity index (χ3n) is 5.08. The van der Waals surface area contributed by atoms with Crippen LogP contribution in [0.2, 0.25) is 0 Å². The number of rotatable bonds is 6. The fraction of sp³-hybridized carbons (Fsp3) is 0.318. The molecule has 0 saturated heterocycles. The number of aryl methyl sites for hydroxylation is 1. The number of nitriles is 1.